The van der Waals surface area contributed by atoms with E-state index in [0.29, 0.717) is 5.56 Å². The Kier molecular flexibility index (Phi) is 3.41. The molecule has 1 aromatic heterocycles. The molecule has 3 N–H and O–H groups in total. The van der Waals surface area contributed by atoms with Gasteiger partial charge in [0.05, 0.1) is 11.0 Å². The first-order valence-corrected chi connectivity index (χ1v) is 5.45. The lowest BCUT2D eigenvalue weighted by molar-refractivity contribution is -0.255. The molecular formula is C11H9F6N3. The zero-order valence-electron chi connectivity index (χ0n) is 9.81. The van der Waals surface area contributed by atoms with Gasteiger partial charge in [-0.3, -0.25) is 0 Å². The van der Waals surface area contributed by atoms with Gasteiger partial charge in [-0.2, -0.15) is 26.3 Å². The molecule has 0 radical (unpaired) electrons. The summed E-state index contributed by atoms with van der Waals surface area (Å²) in [6.45, 7) is 0.117. The molecule has 1 aromatic carbocycles. The molecule has 3 nitrogen and oxygen atoms in total. The molecule has 1 heterocycles. The molecule has 0 unspecified atom stereocenters. The molecule has 0 spiro atoms. The van der Waals surface area contributed by atoms with Crippen molar-refractivity contribution in [2.24, 2.45) is 5.73 Å². The van der Waals surface area contributed by atoms with E-state index in [2.05, 4.69) is 9.97 Å². The third kappa shape index (κ3) is 2.72. The molecule has 9 heteroatoms. The van der Waals surface area contributed by atoms with E-state index in [1.807, 2.05) is 0 Å². The number of fused-ring (bicyclic) bond motifs is 1. The summed E-state index contributed by atoms with van der Waals surface area (Å²) in [4.78, 5) is 5.46. The van der Waals surface area contributed by atoms with Gasteiger partial charge in [-0.05, 0) is 17.7 Å². The molecule has 110 valence electrons. The van der Waals surface area contributed by atoms with Crippen LogP contribution in [-0.2, 0) is 6.54 Å². The van der Waals surface area contributed by atoms with Gasteiger partial charge in [0.1, 0.15) is 5.82 Å². The first-order valence-electron chi connectivity index (χ1n) is 5.45. The molecule has 0 aliphatic heterocycles. The molecule has 0 aliphatic rings. The fourth-order valence-electron chi connectivity index (χ4n) is 1.84. The van der Waals surface area contributed by atoms with Gasteiger partial charge in [0.2, 0.25) is 5.92 Å². The van der Waals surface area contributed by atoms with Crippen LogP contribution in [0.4, 0.5) is 26.3 Å². The predicted octanol–water partition coefficient (Wildman–Crippen LogP) is 3.23. The van der Waals surface area contributed by atoms with E-state index in [4.69, 9.17) is 5.73 Å². The highest BCUT2D eigenvalue weighted by molar-refractivity contribution is 5.76. The number of alkyl halides is 6. The van der Waals surface area contributed by atoms with E-state index >= 15 is 0 Å². The Labute approximate surface area is 108 Å². The van der Waals surface area contributed by atoms with Crippen LogP contribution < -0.4 is 5.73 Å². The van der Waals surface area contributed by atoms with Gasteiger partial charge in [-0.1, -0.05) is 6.07 Å². The second kappa shape index (κ2) is 4.65. The van der Waals surface area contributed by atoms with Crippen LogP contribution in [0.15, 0.2) is 18.2 Å². The fourth-order valence-corrected chi connectivity index (χ4v) is 1.84. The molecule has 0 fully saturated rings. The number of halogens is 6. The highest BCUT2D eigenvalue weighted by Gasteiger charge is 2.59. The number of benzene rings is 1. The van der Waals surface area contributed by atoms with Gasteiger partial charge in [-0.25, -0.2) is 4.98 Å². The maximum atomic E-state index is 12.6. The topological polar surface area (TPSA) is 54.7 Å². The summed E-state index contributed by atoms with van der Waals surface area (Å²) in [5.41, 5.74) is 6.03. The van der Waals surface area contributed by atoms with Crippen molar-refractivity contribution in [2.45, 2.75) is 24.8 Å². The van der Waals surface area contributed by atoms with Crippen LogP contribution in [0.3, 0.4) is 0 Å². The number of imidazole rings is 1. The quantitative estimate of drug-likeness (QED) is 0.836. The Morgan fingerprint density at radius 1 is 1.10 bits per heavy atom. The highest BCUT2D eigenvalue weighted by atomic mass is 19.4. The summed E-state index contributed by atoms with van der Waals surface area (Å²) in [6.07, 6.45) is -10.9. The van der Waals surface area contributed by atoms with E-state index in [0.717, 1.165) is 0 Å². The number of hydrogen-bond donors (Lipinski definition) is 2. The maximum absolute atomic E-state index is 12.6. The average Bonchev–Trinajstić information content (AvgIpc) is 2.65. The number of rotatable bonds is 2. The van der Waals surface area contributed by atoms with Crippen LogP contribution >= 0.6 is 0 Å². The lowest BCUT2D eigenvalue weighted by atomic mass is 10.1. The van der Waals surface area contributed by atoms with Crippen LogP contribution in [0.2, 0.25) is 0 Å². The van der Waals surface area contributed by atoms with Gasteiger partial charge in [0.25, 0.3) is 0 Å². The van der Waals surface area contributed by atoms with Crippen molar-refractivity contribution < 1.29 is 26.3 Å². The normalized spacial score (nSPS) is 13.4. The van der Waals surface area contributed by atoms with Crippen molar-refractivity contribution in [1.29, 1.82) is 0 Å². The summed E-state index contributed by atoms with van der Waals surface area (Å²) in [6, 6.07) is 4.18. The van der Waals surface area contributed by atoms with E-state index < -0.39 is 24.1 Å². The first kappa shape index (κ1) is 14.6. The van der Waals surface area contributed by atoms with Crippen molar-refractivity contribution in [1.82, 2.24) is 9.97 Å². The molecule has 0 aliphatic carbocycles. The van der Waals surface area contributed by atoms with Crippen LogP contribution in [0.25, 0.3) is 11.0 Å². The van der Waals surface area contributed by atoms with E-state index in [-0.39, 0.29) is 17.6 Å². The molecule has 0 bridgehead atoms. The van der Waals surface area contributed by atoms with Gasteiger partial charge >= 0.3 is 12.4 Å². The average molecular weight is 297 g/mol. The number of aromatic nitrogens is 2. The third-order valence-corrected chi connectivity index (χ3v) is 2.73. The Bertz CT molecular complexity index is 599. The first-order chi connectivity index (χ1) is 9.13. The van der Waals surface area contributed by atoms with Crippen molar-refractivity contribution in [2.75, 3.05) is 0 Å². The van der Waals surface area contributed by atoms with Crippen molar-refractivity contribution in [3.63, 3.8) is 0 Å². The Balaban J connectivity index is 2.55. The number of nitrogens with two attached hydrogens (primary N) is 1. The van der Waals surface area contributed by atoms with Gasteiger partial charge in [0, 0.05) is 6.54 Å². The minimum atomic E-state index is -5.47. The van der Waals surface area contributed by atoms with Crippen LogP contribution in [-0.4, -0.2) is 22.3 Å². The second-order valence-electron chi connectivity index (χ2n) is 4.19. The minimum Gasteiger partial charge on any atom is -0.341 e. The Morgan fingerprint density at radius 3 is 2.20 bits per heavy atom. The van der Waals surface area contributed by atoms with Crippen molar-refractivity contribution in [3.05, 3.63) is 29.6 Å². The second-order valence-corrected chi connectivity index (χ2v) is 4.19. The van der Waals surface area contributed by atoms with Crippen LogP contribution in [0, 0.1) is 0 Å². The third-order valence-electron chi connectivity index (χ3n) is 2.73. The van der Waals surface area contributed by atoms with Gasteiger partial charge in [0.15, 0.2) is 0 Å². The lowest BCUT2D eigenvalue weighted by Gasteiger charge is -2.20. The molecule has 20 heavy (non-hydrogen) atoms. The highest BCUT2D eigenvalue weighted by Crippen LogP contribution is 2.45. The molecule has 0 saturated carbocycles. The lowest BCUT2D eigenvalue weighted by Crippen LogP contribution is -2.34. The smallest absolute Gasteiger partial charge is 0.341 e. The molecule has 0 saturated heterocycles. The zero-order valence-corrected chi connectivity index (χ0v) is 9.81. The number of H-pyrrole nitrogens is 1. The number of nitrogens with one attached hydrogen (secondary N) is 1. The largest absolute Gasteiger partial charge is 0.407 e. The zero-order chi connectivity index (χ0) is 15.1. The monoisotopic (exact) mass is 297 g/mol. The van der Waals surface area contributed by atoms with E-state index in [1.165, 1.54) is 18.2 Å². The SMILES string of the molecule is NCc1ccc2nc(C(C(F)(F)F)C(F)(F)F)[nH]c2c1. The standard InChI is InChI=1S/C11H9F6N3/c12-10(13,14)8(11(15,16)17)9-19-6-2-1-5(4-18)3-7(6)20-9/h1-3,8H,4,18H2,(H,19,20). The number of nitrogens with zero attached hydrogens (tertiary/aromatic N) is 1. The summed E-state index contributed by atoms with van der Waals surface area (Å²) in [7, 11) is 0. The van der Waals surface area contributed by atoms with Gasteiger partial charge in [-0.15, -0.1) is 0 Å². The number of aromatic amines is 1. The summed E-state index contributed by atoms with van der Waals surface area (Å²) in [5, 5.41) is 0. The minimum absolute atomic E-state index is 0.0238. The van der Waals surface area contributed by atoms with E-state index in [9.17, 15) is 26.3 Å². The van der Waals surface area contributed by atoms with Gasteiger partial charge < -0.3 is 10.7 Å². The summed E-state index contributed by atoms with van der Waals surface area (Å²) < 4.78 is 75.5. The molecule has 0 atom stereocenters. The summed E-state index contributed by atoms with van der Waals surface area (Å²) >= 11 is 0. The maximum Gasteiger partial charge on any atom is 0.407 e. The molecule has 2 aromatic rings. The Hall–Kier alpha value is -1.77. The van der Waals surface area contributed by atoms with Crippen molar-refractivity contribution in [3.8, 4) is 0 Å². The van der Waals surface area contributed by atoms with Crippen LogP contribution in [0.1, 0.15) is 17.3 Å². The Morgan fingerprint density at radius 2 is 1.70 bits per heavy atom. The van der Waals surface area contributed by atoms with E-state index in [1.54, 1.807) is 0 Å². The van der Waals surface area contributed by atoms with Crippen LogP contribution in [0.5, 0.6) is 0 Å². The fraction of sp³-hybridized carbons (Fsp3) is 0.364. The molecule has 0 amide bonds. The molecular weight excluding hydrogens is 288 g/mol. The number of hydrogen-bond acceptors (Lipinski definition) is 2. The molecule has 2 rings (SSSR count). The predicted molar refractivity (Wildman–Crippen MR) is 58.8 cm³/mol. The van der Waals surface area contributed by atoms with Crippen molar-refractivity contribution >= 4 is 11.0 Å². The summed E-state index contributed by atoms with van der Waals surface area (Å²) in [5.74, 6) is -4.81.